The van der Waals surface area contributed by atoms with Crippen LogP contribution in [0.5, 0.6) is 0 Å². The van der Waals surface area contributed by atoms with Gasteiger partial charge >= 0.3 is 0 Å². The number of amides is 1. The van der Waals surface area contributed by atoms with Crippen LogP contribution in [0, 0.1) is 0 Å². The minimum absolute atomic E-state index is 0.0650. The zero-order chi connectivity index (χ0) is 13.2. The first kappa shape index (κ1) is 13.1. The van der Waals surface area contributed by atoms with Crippen LogP contribution in [0.2, 0.25) is 0 Å². The first-order chi connectivity index (χ1) is 8.48. The molecule has 98 valence electrons. The van der Waals surface area contributed by atoms with Gasteiger partial charge in [-0.1, -0.05) is 32.9 Å². The fourth-order valence-electron chi connectivity index (χ4n) is 2.05. The summed E-state index contributed by atoms with van der Waals surface area (Å²) >= 11 is 0. The molecule has 18 heavy (non-hydrogen) atoms. The third kappa shape index (κ3) is 2.91. The van der Waals surface area contributed by atoms with E-state index in [-0.39, 0.29) is 11.3 Å². The van der Waals surface area contributed by atoms with E-state index < -0.39 is 0 Å². The van der Waals surface area contributed by atoms with Gasteiger partial charge in [0.1, 0.15) is 6.73 Å². The van der Waals surface area contributed by atoms with Crippen LogP contribution in [-0.4, -0.2) is 30.7 Å². The maximum absolute atomic E-state index is 12.2. The molecule has 1 amide bonds. The van der Waals surface area contributed by atoms with Crippen LogP contribution in [-0.2, 0) is 10.2 Å². The van der Waals surface area contributed by atoms with E-state index in [1.807, 2.05) is 24.3 Å². The van der Waals surface area contributed by atoms with E-state index in [4.69, 9.17) is 4.74 Å². The molecule has 0 saturated carbocycles. The highest BCUT2D eigenvalue weighted by atomic mass is 16.5. The van der Waals surface area contributed by atoms with E-state index >= 15 is 0 Å². The highest BCUT2D eigenvalue weighted by molar-refractivity contribution is 5.94. The van der Waals surface area contributed by atoms with Crippen molar-refractivity contribution in [3.8, 4) is 0 Å². The molecule has 0 bridgehead atoms. The lowest BCUT2D eigenvalue weighted by atomic mass is 9.86. The van der Waals surface area contributed by atoms with Gasteiger partial charge < -0.3 is 9.64 Å². The van der Waals surface area contributed by atoms with E-state index in [1.165, 1.54) is 5.56 Å². The molecule has 1 aliphatic rings. The maximum atomic E-state index is 12.2. The summed E-state index contributed by atoms with van der Waals surface area (Å²) in [4.78, 5) is 14.0. The minimum Gasteiger partial charge on any atom is -0.361 e. The zero-order valence-corrected chi connectivity index (χ0v) is 11.4. The highest BCUT2D eigenvalue weighted by Gasteiger charge is 2.19. The summed E-state index contributed by atoms with van der Waals surface area (Å²) in [7, 11) is 0. The van der Waals surface area contributed by atoms with Crippen molar-refractivity contribution in [1.82, 2.24) is 4.90 Å². The molecule has 2 rings (SSSR count). The van der Waals surface area contributed by atoms with E-state index in [2.05, 4.69) is 20.8 Å². The van der Waals surface area contributed by atoms with E-state index in [1.54, 1.807) is 4.90 Å². The van der Waals surface area contributed by atoms with Crippen molar-refractivity contribution in [3.05, 3.63) is 35.4 Å². The Morgan fingerprint density at radius 3 is 2.39 bits per heavy atom. The lowest BCUT2D eigenvalue weighted by molar-refractivity contribution is -0.00571. The van der Waals surface area contributed by atoms with Gasteiger partial charge in [0.2, 0.25) is 0 Å². The van der Waals surface area contributed by atoms with E-state index in [0.717, 1.165) is 25.1 Å². The fraction of sp³-hybridized carbons (Fsp3) is 0.533. The summed E-state index contributed by atoms with van der Waals surface area (Å²) in [5.74, 6) is 0.0650. The van der Waals surface area contributed by atoms with Crippen molar-refractivity contribution >= 4 is 5.91 Å². The number of carbonyl (C=O) groups excluding carboxylic acids is 1. The summed E-state index contributed by atoms with van der Waals surface area (Å²) in [6.07, 6.45) is 0.922. The van der Waals surface area contributed by atoms with Crippen LogP contribution in [0.15, 0.2) is 24.3 Å². The number of rotatable bonds is 1. The number of hydrogen-bond acceptors (Lipinski definition) is 2. The van der Waals surface area contributed by atoms with Crippen LogP contribution in [0.25, 0.3) is 0 Å². The van der Waals surface area contributed by atoms with Gasteiger partial charge in [0, 0.05) is 12.1 Å². The molecule has 1 saturated heterocycles. The summed E-state index contributed by atoms with van der Waals surface area (Å²) < 4.78 is 5.31. The lowest BCUT2D eigenvalue weighted by Crippen LogP contribution is -2.38. The van der Waals surface area contributed by atoms with Crippen LogP contribution in [0.3, 0.4) is 0 Å². The molecule has 0 unspecified atom stereocenters. The zero-order valence-electron chi connectivity index (χ0n) is 11.4. The number of benzene rings is 1. The summed E-state index contributed by atoms with van der Waals surface area (Å²) in [6.45, 7) is 8.47. The first-order valence-electron chi connectivity index (χ1n) is 6.46. The molecule has 0 N–H and O–H groups in total. The quantitative estimate of drug-likeness (QED) is 0.763. The van der Waals surface area contributed by atoms with Crippen molar-refractivity contribution in [2.24, 2.45) is 0 Å². The smallest absolute Gasteiger partial charge is 0.255 e. The van der Waals surface area contributed by atoms with Crippen molar-refractivity contribution < 1.29 is 9.53 Å². The SMILES string of the molecule is CC(C)(C)c1ccc(C(=O)N2CCCOC2)cc1. The van der Waals surface area contributed by atoms with Gasteiger partial charge in [0.25, 0.3) is 5.91 Å². The Morgan fingerprint density at radius 2 is 1.89 bits per heavy atom. The second kappa shape index (κ2) is 5.11. The summed E-state index contributed by atoms with van der Waals surface area (Å²) in [5.41, 5.74) is 2.11. The molecule has 3 heteroatoms. The highest BCUT2D eigenvalue weighted by Crippen LogP contribution is 2.22. The van der Waals surface area contributed by atoms with Gasteiger partial charge in [-0.3, -0.25) is 4.79 Å². The molecule has 0 aliphatic carbocycles. The van der Waals surface area contributed by atoms with Crippen LogP contribution >= 0.6 is 0 Å². The second-order valence-corrected chi connectivity index (χ2v) is 5.79. The number of carbonyl (C=O) groups is 1. The molecule has 1 fully saturated rings. The number of ether oxygens (including phenoxy) is 1. The topological polar surface area (TPSA) is 29.5 Å². The molecular formula is C15H21NO2. The van der Waals surface area contributed by atoms with E-state index in [9.17, 15) is 4.79 Å². The van der Waals surface area contributed by atoms with Crippen molar-refractivity contribution in [1.29, 1.82) is 0 Å². The molecule has 1 heterocycles. The van der Waals surface area contributed by atoms with Gasteiger partial charge in [-0.05, 0) is 29.5 Å². The van der Waals surface area contributed by atoms with E-state index in [0.29, 0.717) is 6.73 Å². The molecule has 0 atom stereocenters. The Labute approximate surface area is 109 Å². The Morgan fingerprint density at radius 1 is 1.22 bits per heavy atom. The average molecular weight is 247 g/mol. The molecule has 1 aliphatic heterocycles. The first-order valence-corrected chi connectivity index (χ1v) is 6.46. The molecule has 1 aromatic rings. The van der Waals surface area contributed by atoms with Crippen molar-refractivity contribution in [2.45, 2.75) is 32.6 Å². The Kier molecular flexibility index (Phi) is 3.71. The van der Waals surface area contributed by atoms with Crippen LogP contribution in [0.1, 0.15) is 43.1 Å². The Balaban J connectivity index is 2.11. The van der Waals surface area contributed by atoms with Crippen molar-refractivity contribution in [3.63, 3.8) is 0 Å². The fourth-order valence-corrected chi connectivity index (χ4v) is 2.05. The molecule has 0 aromatic heterocycles. The largest absolute Gasteiger partial charge is 0.361 e. The standard InChI is InChI=1S/C15H21NO2/c1-15(2,3)13-7-5-12(6-8-13)14(17)16-9-4-10-18-11-16/h5-8H,4,9-11H2,1-3H3. The lowest BCUT2D eigenvalue weighted by Gasteiger charge is -2.27. The predicted octanol–water partition coefficient (Wildman–Crippen LogP) is 2.80. The summed E-state index contributed by atoms with van der Waals surface area (Å²) in [5, 5.41) is 0. The maximum Gasteiger partial charge on any atom is 0.255 e. The van der Waals surface area contributed by atoms with Gasteiger partial charge in [-0.2, -0.15) is 0 Å². The third-order valence-electron chi connectivity index (χ3n) is 3.25. The average Bonchev–Trinajstić information content (AvgIpc) is 2.38. The predicted molar refractivity (Wildman–Crippen MR) is 71.6 cm³/mol. The van der Waals surface area contributed by atoms with Crippen molar-refractivity contribution in [2.75, 3.05) is 19.9 Å². The molecule has 0 radical (unpaired) electrons. The minimum atomic E-state index is 0.0650. The second-order valence-electron chi connectivity index (χ2n) is 5.79. The molecule has 1 aromatic carbocycles. The summed E-state index contributed by atoms with van der Waals surface area (Å²) in [6, 6.07) is 7.91. The van der Waals surface area contributed by atoms with Gasteiger partial charge in [0.05, 0.1) is 6.61 Å². The normalized spacial score (nSPS) is 16.7. The molecule has 0 spiro atoms. The van der Waals surface area contributed by atoms with Gasteiger partial charge in [-0.25, -0.2) is 0 Å². The van der Waals surface area contributed by atoms with Gasteiger partial charge in [-0.15, -0.1) is 0 Å². The number of nitrogens with zero attached hydrogens (tertiary/aromatic N) is 1. The monoisotopic (exact) mass is 247 g/mol. The third-order valence-corrected chi connectivity index (χ3v) is 3.25. The van der Waals surface area contributed by atoms with Crippen LogP contribution < -0.4 is 0 Å². The molecule has 3 nitrogen and oxygen atoms in total. The number of hydrogen-bond donors (Lipinski definition) is 0. The van der Waals surface area contributed by atoms with Crippen LogP contribution in [0.4, 0.5) is 0 Å². The van der Waals surface area contributed by atoms with Gasteiger partial charge in [0.15, 0.2) is 0 Å². The molecular weight excluding hydrogens is 226 g/mol. The Hall–Kier alpha value is -1.35. The Bertz CT molecular complexity index is 411.